The topological polar surface area (TPSA) is 90.4 Å². The van der Waals surface area contributed by atoms with Gasteiger partial charge in [0.25, 0.3) is 0 Å². The summed E-state index contributed by atoms with van der Waals surface area (Å²) in [6, 6.07) is 5.36. The highest BCUT2D eigenvalue weighted by Crippen LogP contribution is 2.24. The minimum Gasteiger partial charge on any atom is -0.397 e. The minimum atomic E-state index is -0.467. The Bertz CT molecular complexity index is 442. The Morgan fingerprint density at radius 1 is 1.56 bits per heavy atom. The maximum absolute atomic E-state index is 11.0. The van der Waals surface area contributed by atoms with Crippen molar-refractivity contribution in [2.45, 2.75) is 19.4 Å². The summed E-state index contributed by atoms with van der Waals surface area (Å²) in [5.41, 5.74) is 12.9. The normalized spacial score (nSPS) is 20.6. The Kier molecular flexibility index (Phi) is 3.72. The molecule has 1 aliphatic heterocycles. The fourth-order valence-corrected chi connectivity index (χ4v) is 2.16. The summed E-state index contributed by atoms with van der Waals surface area (Å²) < 4.78 is 5.36. The maximum atomic E-state index is 11.0. The third-order valence-corrected chi connectivity index (χ3v) is 3.39. The van der Waals surface area contributed by atoms with Crippen molar-refractivity contribution in [3.05, 3.63) is 23.8 Å². The third kappa shape index (κ3) is 2.73. The van der Waals surface area contributed by atoms with Crippen molar-refractivity contribution in [3.8, 4) is 0 Å². The molecule has 1 saturated heterocycles. The average Bonchev–Trinajstić information content (AvgIpc) is 2.85. The van der Waals surface area contributed by atoms with Crippen molar-refractivity contribution >= 4 is 17.3 Å². The number of nitrogens with two attached hydrogens (primary N) is 2. The SMILES string of the molecule is CC(Nc1ccc(C(N)=O)cc1N)C1CCOC1. The van der Waals surface area contributed by atoms with E-state index in [0.29, 0.717) is 17.2 Å². The number of nitrogens with one attached hydrogen (secondary N) is 1. The molecule has 1 heterocycles. The summed E-state index contributed by atoms with van der Waals surface area (Å²) in [7, 11) is 0. The van der Waals surface area contributed by atoms with Crippen LogP contribution in [0.2, 0.25) is 0 Å². The summed E-state index contributed by atoms with van der Waals surface area (Å²) in [6.45, 7) is 3.72. The highest BCUT2D eigenvalue weighted by molar-refractivity contribution is 5.94. The van der Waals surface area contributed by atoms with Crippen molar-refractivity contribution in [1.82, 2.24) is 0 Å². The van der Waals surface area contributed by atoms with E-state index in [1.165, 1.54) is 0 Å². The van der Waals surface area contributed by atoms with Gasteiger partial charge in [0.2, 0.25) is 5.91 Å². The number of ether oxygens (including phenoxy) is 1. The second kappa shape index (κ2) is 5.27. The number of nitrogen functional groups attached to an aromatic ring is 1. The molecule has 1 aliphatic rings. The smallest absolute Gasteiger partial charge is 0.248 e. The molecule has 18 heavy (non-hydrogen) atoms. The molecule has 0 bridgehead atoms. The number of amides is 1. The van der Waals surface area contributed by atoms with Gasteiger partial charge < -0.3 is 21.5 Å². The molecule has 0 aliphatic carbocycles. The summed E-state index contributed by atoms with van der Waals surface area (Å²) in [6.07, 6.45) is 1.06. The molecule has 0 spiro atoms. The average molecular weight is 249 g/mol. The molecule has 0 aromatic heterocycles. The van der Waals surface area contributed by atoms with Crippen LogP contribution >= 0.6 is 0 Å². The number of hydrogen-bond donors (Lipinski definition) is 3. The van der Waals surface area contributed by atoms with E-state index in [9.17, 15) is 4.79 Å². The number of hydrogen-bond acceptors (Lipinski definition) is 4. The zero-order chi connectivity index (χ0) is 13.1. The Labute approximate surface area is 106 Å². The van der Waals surface area contributed by atoms with Crippen LogP contribution in [0.4, 0.5) is 11.4 Å². The van der Waals surface area contributed by atoms with Gasteiger partial charge in [0.15, 0.2) is 0 Å². The number of rotatable bonds is 4. The van der Waals surface area contributed by atoms with Crippen LogP contribution in [0.5, 0.6) is 0 Å². The van der Waals surface area contributed by atoms with E-state index in [4.69, 9.17) is 16.2 Å². The quantitative estimate of drug-likeness (QED) is 0.699. The lowest BCUT2D eigenvalue weighted by molar-refractivity contribution is 0.100. The molecule has 5 N–H and O–H groups in total. The van der Waals surface area contributed by atoms with Crippen LogP contribution in [0.3, 0.4) is 0 Å². The first kappa shape index (κ1) is 12.7. The van der Waals surface area contributed by atoms with Crippen molar-refractivity contribution in [1.29, 1.82) is 0 Å². The molecule has 2 rings (SSSR count). The molecule has 5 nitrogen and oxygen atoms in total. The summed E-state index contributed by atoms with van der Waals surface area (Å²) in [5.74, 6) is 0.0331. The molecule has 1 aromatic rings. The van der Waals surface area contributed by atoms with E-state index in [1.807, 2.05) is 0 Å². The standard InChI is InChI=1S/C13H19N3O2/c1-8(10-4-5-18-7-10)16-12-3-2-9(13(15)17)6-11(12)14/h2-3,6,8,10,16H,4-5,7,14H2,1H3,(H2,15,17). The summed E-state index contributed by atoms with van der Waals surface area (Å²) >= 11 is 0. The van der Waals surface area contributed by atoms with Gasteiger partial charge in [-0.15, -0.1) is 0 Å². The number of anilines is 2. The Balaban J connectivity index is 2.06. The molecule has 1 amide bonds. The van der Waals surface area contributed by atoms with E-state index in [1.54, 1.807) is 18.2 Å². The third-order valence-electron chi connectivity index (χ3n) is 3.39. The van der Waals surface area contributed by atoms with Crippen molar-refractivity contribution in [3.63, 3.8) is 0 Å². The molecule has 0 saturated carbocycles. The van der Waals surface area contributed by atoms with Gasteiger partial charge in [-0.05, 0) is 31.5 Å². The van der Waals surface area contributed by atoms with Crippen LogP contribution in [0, 0.1) is 5.92 Å². The zero-order valence-corrected chi connectivity index (χ0v) is 10.5. The zero-order valence-electron chi connectivity index (χ0n) is 10.5. The van der Waals surface area contributed by atoms with Gasteiger partial charge in [-0.2, -0.15) is 0 Å². The summed E-state index contributed by atoms with van der Waals surface area (Å²) in [4.78, 5) is 11.0. The van der Waals surface area contributed by atoms with Crippen LogP contribution < -0.4 is 16.8 Å². The monoisotopic (exact) mass is 249 g/mol. The fraction of sp³-hybridized carbons (Fsp3) is 0.462. The second-order valence-corrected chi connectivity index (χ2v) is 4.72. The highest BCUT2D eigenvalue weighted by Gasteiger charge is 2.22. The van der Waals surface area contributed by atoms with Gasteiger partial charge in [0, 0.05) is 24.1 Å². The number of carbonyl (C=O) groups excluding carboxylic acids is 1. The maximum Gasteiger partial charge on any atom is 0.248 e. The lowest BCUT2D eigenvalue weighted by Crippen LogP contribution is -2.26. The van der Waals surface area contributed by atoms with Gasteiger partial charge in [0.1, 0.15) is 0 Å². The van der Waals surface area contributed by atoms with Crippen molar-refractivity contribution in [2.75, 3.05) is 24.3 Å². The van der Waals surface area contributed by atoms with Gasteiger partial charge in [0.05, 0.1) is 18.0 Å². The fourth-order valence-electron chi connectivity index (χ4n) is 2.16. The van der Waals surface area contributed by atoms with Crippen LogP contribution in [-0.2, 0) is 4.74 Å². The van der Waals surface area contributed by atoms with E-state index < -0.39 is 5.91 Å². The molecule has 1 fully saturated rings. The molecule has 98 valence electrons. The van der Waals surface area contributed by atoms with Crippen LogP contribution in [-0.4, -0.2) is 25.2 Å². The Morgan fingerprint density at radius 3 is 2.89 bits per heavy atom. The Hall–Kier alpha value is -1.75. The molecule has 2 unspecified atom stereocenters. The molecular formula is C13H19N3O2. The van der Waals surface area contributed by atoms with E-state index in [0.717, 1.165) is 25.3 Å². The lowest BCUT2D eigenvalue weighted by atomic mass is 10.00. The predicted octanol–water partition coefficient (Wildman–Crippen LogP) is 1.20. The minimum absolute atomic E-state index is 0.286. The number of benzene rings is 1. The number of primary amides is 1. The van der Waals surface area contributed by atoms with Gasteiger partial charge in [-0.25, -0.2) is 0 Å². The first-order chi connectivity index (χ1) is 8.58. The van der Waals surface area contributed by atoms with E-state index >= 15 is 0 Å². The molecule has 2 atom stereocenters. The predicted molar refractivity (Wildman–Crippen MR) is 71.4 cm³/mol. The first-order valence-corrected chi connectivity index (χ1v) is 6.11. The van der Waals surface area contributed by atoms with Crippen LogP contribution in [0.15, 0.2) is 18.2 Å². The van der Waals surface area contributed by atoms with Crippen LogP contribution in [0.25, 0.3) is 0 Å². The largest absolute Gasteiger partial charge is 0.397 e. The summed E-state index contributed by atoms with van der Waals surface area (Å²) in [5, 5.41) is 3.36. The van der Waals surface area contributed by atoms with Crippen LogP contribution in [0.1, 0.15) is 23.7 Å². The van der Waals surface area contributed by atoms with Gasteiger partial charge in [-0.3, -0.25) is 4.79 Å². The van der Waals surface area contributed by atoms with Crippen molar-refractivity contribution < 1.29 is 9.53 Å². The lowest BCUT2D eigenvalue weighted by Gasteiger charge is -2.21. The van der Waals surface area contributed by atoms with Gasteiger partial charge >= 0.3 is 0 Å². The molecular weight excluding hydrogens is 230 g/mol. The van der Waals surface area contributed by atoms with Crippen molar-refractivity contribution in [2.24, 2.45) is 11.7 Å². The van der Waals surface area contributed by atoms with E-state index in [2.05, 4.69) is 12.2 Å². The molecule has 0 radical (unpaired) electrons. The molecule has 5 heteroatoms. The van der Waals surface area contributed by atoms with E-state index in [-0.39, 0.29) is 6.04 Å². The number of carbonyl (C=O) groups is 1. The Morgan fingerprint density at radius 2 is 2.33 bits per heavy atom. The molecule has 1 aromatic carbocycles. The van der Waals surface area contributed by atoms with Gasteiger partial charge in [-0.1, -0.05) is 0 Å². The second-order valence-electron chi connectivity index (χ2n) is 4.72. The highest BCUT2D eigenvalue weighted by atomic mass is 16.5. The first-order valence-electron chi connectivity index (χ1n) is 6.11.